The molecule has 1 saturated carbocycles. The Morgan fingerprint density at radius 3 is 2.36 bits per heavy atom. The third-order valence-electron chi connectivity index (χ3n) is 4.86. The maximum atomic E-state index is 12.7. The van der Waals surface area contributed by atoms with Crippen LogP contribution in [-0.2, 0) is 11.3 Å². The molecule has 1 heterocycles. The Morgan fingerprint density at radius 2 is 1.86 bits per heavy atom. The van der Waals surface area contributed by atoms with E-state index < -0.39 is 5.54 Å². The third-order valence-corrected chi connectivity index (χ3v) is 4.86. The van der Waals surface area contributed by atoms with Crippen LogP contribution in [0.2, 0.25) is 0 Å². The molecule has 122 valence electrons. The average Bonchev–Trinajstić information content (AvgIpc) is 2.81. The Morgan fingerprint density at radius 1 is 1.23 bits per heavy atom. The van der Waals surface area contributed by atoms with E-state index in [9.17, 15) is 9.59 Å². The van der Waals surface area contributed by atoms with Crippen molar-refractivity contribution in [1.29, 1.82) is 0 Å². The molecule has 1 aromatic rings. The van der Waals surface area contributed by atoms with E-state index in [1.165, 1.54) is 0 Å². The van der Waals surface area contributed by atoms with Crippen LogP contribution < -0.4 is 10.6 Å². The van der Waals surface area contributed by atoms with Crippen LogP contribution in [0.25, 0.3) is 0 Å². The molecule has 5 heteroatoms. The fraction of sp³-hybridized carbons (Fsp3) is 0.647. The Balaban J connectivity index is 2.27. The van der Waals surface area contributed by atoms with Crippen LogP contribution in [0.5, 0.6) is 0 Å². The first-order valence-electron chi connectivity index (χ1n) is 8.16. The molecular formula is C17H27N3O2. The van der Waals surface area contributed by atoms with Crippen molar-refractivity contribution in [1.82, 2.24) is 15.2 Å². The first-order valence-corrected chi connectivity index (χ1v) is 8.16. The van der Waals surface area contributed by atoms with E-state index in [0.29, 0.717) is 18.4 Å². The van der Waals surface area contributed by atoms with Gasteiger partial charge in [0.05, 0.1) is 5.56 Å². The van der Waals surface area contributed by atoms with Crippen LogP contribution in [0.4, 0.5) is 0 Å². The van der Waals surface area contributed by atoms with Crippen LogP contribution in [0.3, 0.4) is 0 Å². The molecule has 0 unspecified atom stereocenters. The molecule has 2 amide bonds. The number of rotatable bonds is 4. The second-order valence-corrected chi connectivity index (χ2v) is 6.21. The molecule has 2 rings (SSSR count). The second kappa shape index (κ2) is 6.55. The van der Waals surface area contributed by atoms with Gasteiger partial charge in [-0.05, 0) is 39.7 Å². The molecular weight excluding hydrogens is 278 g/mol. The van der Waals surface area contributed by atoms with E-state index in [2.05, 4.69) is 22.1 Å². The summed E-state index contributed by atoms with van der Waals surface area (Å²) in [6.07, 6.45) is 4.50. The predicted molar refractivity (Wildman–Crippen MR) is 86.9 cm³/mol. The van der Waals surface area contributed by atoms with Gasteiger partial charge in [0.1, 0.15) is 5.54 Å². The minimum atomic E-state index is -0.751. The van der Waals surface area contributed by atoms with Gasteiger partial charge in [0.15, 0.2) is 0 Å². The number of hydrogen-bond acceptors (Lipinski definition) is 2. The minimum Gasteiger partial charge on any atom is -0.357 e. The number of nitrogens with one attached hydrogen (secondary N) is 2. The van der Waals surface area contributed by atoms with Crippen LogP contribution >= 0.6 is 0 Å². The van der Waals surface area contributed by atoms with Crippen LogP contribution in [0.1, 0.15) is 60.8 Å². The summed E-state index contributed by atoms with van der Waals surface area (Å²) in [5.74, 6) is -0.219. The highest BCUT2D eigenvalue weighted by Gasteiger charge is 2.40. The van der Waals surface area contributed by atoms with Gasteiger partial charge in [-0.1, -0.05) is 19.3 Å². The molecule has 0 bridgehead atoms. The van der Waals surface area contributed by atoms with Gasteiger partial charge in [-0.25, -0.2) is 0 Å². The van der Waals surface area contributed by atoms with E-state index in [4.69, 9.17) is 0 Å². The Bertz CT molecular complexity index is 569. The lowest BCUT2D eigenvalue weighted by molar-refractivity contribution is -0.128. The summed E-state index contributed by atoms with van der Waals surface area (Å²) in [7, 11) is 1.63. The Kier molecular flexibility index (Phi) is 4.94. The van der Waals surface area contributed by atoms with E-state index >= 15 is 0 Å². The maximum Gasteiger partial charge on any atom is 0.253 e. The molecule has 0 aliphatic heterocycles. The van der Waals surface area contributed by atoms with E-state index in [1.54, 1.807) is 7.05 Å². The van der Waals surface area contributed by atoms with Crippen molar-refractivity contribution in [3.63, 3.8) is 0 Å². The van der Waals surface area contributed by atoms with Gasteiger partial charge < -0.3 is 15.2 Å². The number of carbonyl (C=O) groups excluding carboxylic acids is 2. The topological polar surface area (TPSA) is 63.1 Å². The lowest BCUT2D eigenvalue weighted by atomic mass is 9.80. The predicted octanol–water partition coefficient (Wildman–Crippen LogP) is 2.30. The number of hydrogen-bond donors (Lipinski definition) is 2. The molecule has 0 saturated heterocycles. The number of likely N-dealkylation sites (N-methyl/N-ethyl adjacent to an activating group) is 1. The highest BCUT2D eigenvalue weighted by Crippen LogP contribution is 2.29. The average molecular weight is 305 g/mol. The van der Waals surface area contributed by atoms with Gasteiger partial charge in [-0.15, -0.1) is 0 Å². The normalized spacial score (nSPS) is 17.1. The molecule has 1 aliphatic rings. The van der Waals surface area contributed by atoms with Gasteiger partial charge in [0.2, 0.25) is 5.91 Å². The van der Waals surface area contributed by atoms with Crippen molar-refractivity contribution in [3.8, 4) is 0 Å². The molecule has 0 atom stereocenters. The smallest absolute Gasteiger partial charge is 0.253 e. The number of aryl methyl sites for hydroxylation is 1. The molecule has 0 aromatic carbocycles. The van der Waals surface area contributed by atoms with Crippen LogP contribution in [0.15, 0.2) is 6.07 Å². The largest absolute Gasteiger partial charge is 0.357 e. The summed E-state index contributed by atoms with van der Waals surface area (Å²) < 4.78 is 2.11. The lowest BCUT2D eigenvalue weighted by Gasteiger charge is -2.36. The summed E-state index contributed by atoms with van der Waals surface area (Å²) in [5.41, 5.74) is 1.95. The zero-order valence-corrected chi connectivity index (χ0v) is 14.1. The molecule has 2 N–H and O–H groups in total. The Labute approximate surface area is 132 Å². The number of aromatic nitrogens is 1. The third kappa shape index (κ3) is 2.89. The molecule has 0 radical (unpaired) electrons. The molecule has 1 aromatic heterocycles. The zero-order chi connectivity index (χ0) is 16.3. The van der Waals surface area contributed by atoms with E-state index in [-0.39, 0.29) is 11.8 Å². The maximum absolute atomic E-state index is 12.7. The molecule has 1 fully saturated rings. The van der Waals surface area contributed by atoms with Crippen LogP contribution in [-0.4, -0.2) is 29.0 Å². The fourth-order valence-electron chi connectivity index (χ4n) is 3.61. The Hall–Kier alpha value is -1.78. The first-order chi connectivity index (χ1) is 10.4. The van der Waals surface area contributed by atoms with Gasteiger partial charge in [0, 0.05) is 25.0 Å². The summed E-state index contributed by atoms with van der Waals surface area (Å²) in [6, 6.07) is 1.91. The van der Waals surface area contributed by atoms with Crippen molar-refractivity contribution < 1.29 is 9.59 Å². The van der Waals surface area contributed by atoms with Gasteiger partial charge in [0.25, 0.3) is 5.91 Å². The molecule has 22 heavy (non-hydrogen) atoms. The van der Waals surface area contributed by atoms with Crippen molar-refractivity contribution >= 4 is 11.8 Å². The van der Waals surface area contributed by atoms with Crippen LogP contribution in [0, 0.1) is 13.8 Å². The SMILES string of the molecule is CCn1c(C)cc(C(=O)NC2(C(=O)NC)CCCCC2)c1C. The van der Waals surface area contributed by atoms with Crippen molar-refractivity contribution in [2.75, 3.05) is 7.05 Å². The second-order valence-electron chi connectivity index (χ2n) is 6.21. The quantitative estimate of drug-likeness (QED) is 0.896. The molecule has 5 nitrogen and oxygen atoms in total. The minimum absolute atomic E-state index is 0.0788. The van der Waals surface area contributed by atoms with Gasteiger partial charge in [-0.2, -0.15) is 0 Å². The summed E-state index contributed by atoms with van der Waals surface area (Å²) in [6.45, 7) is 6.86. The number of carbonyl (C=O) groups is 2. The highest BCUT2D eigenvalue weighted by atomic mass is 16.2. The molecule has 1 aliphatic carbocycles. The fourth-order valence-corrected chi connectivity index (χ4v) is 3.61. The van der Waals surface area contributed by atoms with Crippen molar-refractivity contribution in [2.24, 2.45) is 0 Å². The summed E-state index contributed by atoms with van der Waals surface area (Å²) in [5, 5.41) is 5.76. The first kappa shape index (κ1) is 16.6. The highest BCUT2D eigenvalue weighted by molar-refractivity contribution is 6.00. The summed E-state index contributed by atoms with van der Waals surface area (Å²) in [4.78, 5) is 25.1. The lowest BCUT2D eigenvalue weighted by Crippen LogP contribution is -2.59. The van der Waals surface area contributed by atoms with Crippen molar-refractivity contribution in [2.45, 2.75) is 65.0 Å². The summed E-state index contributed by atoms with van der Waals surface area (Å²) >= 11 is 0. The zero-order valence-electron chi connectivity index (χ0n) is 14.1. The van der Waals surface area contributed by atoms with Gasteiger partial charge >= 0.3 is 0 Å². The van der Waals surface area contributed by atoms with E-state index in [0.717, 1.165) is 37.2 Å². The standard InChI is InChI=1S/C17H27N3O2/c1-5-20-12(2)11-14(13(20)3)15(21)19-17(16(22)18-4)9-7-6-8-10-17/h11H,5-10H2,1-4H3,(H,18,22)(H,19,21). The van der Waals surface area contributed by atoms with Gasteiger partial charge in [-0.3, -0.25) is 9.59 Å². The molecule has 0 spiro atoms. The van der Waals surface area contributed by atoms with E-state index in [1.807, 2.05) is 19.9 Å². The monoisotopic (exact) mass is 305 g/mol. The number of amides is 2. The van der Waals surface area contributed by atoms with Crippen molar-refractivity contribution in [3.05, 3.63) is 23.0 Å². The number of nitrogens with zero attached hydrogens (tertiary/aromatic N) is 1.